The summed E-state index contributed by atoms with van der Waals surface area (Å²) < 4.78 is 5.54. The molecule has 0 aromatic rings. The maximum absolute atomic E-state index is 5.54. The van der Waals surface area contributed by atoms with Crippen molar-refractivity contribution in [1.29, 1.82) is 0 Å². The molecule has 90 valence electrons. The Labute approximate surface area is 94.2 Å². The quantitative estimate of drug-likeness (QED) is 0.650. The zero-order chi connectivity index (χ0) is 10.9. The number of piperidine rings is 1. The lowest BCUT2D eigenvalue weighted by Gasteiger charge is -2.33. The molecule has 0 bridgehead atoms. The first-order chi connectivity index (χ1) is 7.38. The van der Waals surface area contributed by atoms with E-state index in [4.69, 9.17) is 4.74 Å². The molecule has 0 aliphatic carbocycles. The van der Waals surface area contributed by atoms with Crippen molar-refractivity contribution in [1.82, 2.24) is 10.2 Å². The van der Waals surface area contributed by atoms with Gasteiger partial charge in [-0.3, -0.25) is 4.90 Å². The SMILES string of the molecule is CCCOCCN(CC)C1CCCNC1. The standard InChI is InChI=1S/C12H26N2O/c1-3-9-15-10-8-14(4-2)12-6-5-7-13-11-12/h12-13H,3-11H2,1-2H3. The maximum Gasteiger partial charge on any atom is 0.0593 e. The Morgan fingerprint density at radius 1 is 1.33 bits per heavy atom. The lowest BCUT2D eigenvalue weighted by Crippen LogP contribution is -2.47. The second kappa shape index (κ2) is 8.08. The zero-order valence-corrected chi connectivity index (χ0v) is 10.3. The predicted molar refractivity (Wildman–Crippen MR) is 64.2 cm³/mol. The van der Waals surface area contributed by atoms with Crippen LogP contribution in [-0.2, 0) is 4.74 Å². The van der Waals surface area contributed by atoms with Crippen LogP contribution >= 0.6 is 0 Å². The first-order valence-corrected chi connectivity index (χ1v) is 6.41. The highest BCUT2D eigenvalue weighted by Crippen LogP contribution is 2.09. The second-order valence-electron chi connectivity index (χ2n) is 4.24. The van der Waals surface area contributed by atoms with Crippen LogP contribution in [0.1, 0.15) is 33.1 Å². The summed E-state index contributed by atoms with van der Waals surface area (Å²) in [4.78, 5) is 2.54. The molecule has 1 saturated heterocycles. The van der Waals surface area contributed by atoms with Crippen LogP contribution in [0.15, 0.2) is 0 Å². The molecule has 3 nitrogen and oxygen atoms in total. The minimum atomic E-state index is 0.731. The molecule has 15 heavy (non-hydrogen) atoms. The van der Waals surface area contributed by atoms with E-state index in [0.29, 0.717) is 0 Å². The molecule has 0 radical (unpaired) electrons. The molecule has 0 amide bonds. The van der Waals surface area contributed by atoms with Crippen molar-refractivity contribution in [3.8, 4) is 0 Å². The fourth-order valence-electron chi connectivity index (χ4n) is 2.17. The monoisotopic (exact) mass is 214 g/mol. The molecule has 0 aromatic carbocycles. The number of rotatable bonds is 7. The zero-order valence-electron chi connectivity index (χ0n) is 10.3. The number of likely N-dealkylation sites (N-methyl/N-ethyl adjacent to an activating group) is 1. The van der Waals surface area contributed by atoms with Gasteiger partial charge in [-0.05, 0) is 32.4 Å². The number of hydrogen-bond acceptors (Lipinski definition) is 3. The molecular formula is C12H26N2O. The van der Waals surface area contributed by atoms with E-state index >= 15 is 0 Å². The number of nitrogens with zero attached hydrogens (tertiary/aromatic N) is 1. The summed E-state index contributed by atoms with van der Waals surface area (Å²) in [5, 5.41) is 3.47. The molecular weight excluding hydrogens is 188 g/mol. The van der Waals surface area contributed by atoms with Gasteiger partial charge in [-0.2, -0.15) is 0 Å². The number of hydrogen-bond donors (Lipinski definition) is 1. The summed E-state index contributed by atoms with van der Waals surface area (Å²) in [7, 11) is 0. The van der Waals surface area contributed by atoms with E-state index < -0.39 is 0 Å². The van der Waals surface area contributed by atoms with E-state index in [9.17, 15) is 0 Å². The van der Waals surface area contributed by atoms with Crippen LogP contribution in [0.2, 0.25) is 0 Å². The van der Waals surface area contributed by atoms with Gasteiger partial charge >= 0.3 is 0 Å². The van der Waals surface area contributed by atoms with E-state index in [0.717, 1.165) is 45.3 Å². The van der Waals surface area contributed by atoms with Gasteiger partial charge < -0.3 is 10.1 Å². The largest absolute Gasteiger partial charge is 0.380 e. The smallest absolute Gasteiger partial charge is 0.0593 e. The van der Waals surface area contributed by atoms with Crippen LogP contribution in [0.25, 0.3) is 0 Å². The van der Waals surface area contributed by atoms with Crippen molar-refractivity contribution in [3.63, 3.8) is 0 Å². The highest BCUT2D eigenvalue weighted by Gasteiger charge is 2.18. The fourth-order valence-corrected chi connectivity index (χ4v) is 2.17. The minimum Gasteiger partial charge on any atom is -0.380 e. The molecule has 1 atom stereocenters. The van der Waals surface area contributed by atoms with E-state index in [1.807, 2.05) is 0 Å². The third-order valence-corrected chi connectivity index (χ3v) is 3.06. The lowest BCUT2D eigenvalue weighted by atomic mass is 10.1. The van der Waals surface area contributed by atoms with Crippen molar-refractivity contribution in [2.75, 3.05) is 39.4 Å². The van der Waals surface area contributed by atoms with Crippen molar-refractivity contribution in [3.05, 3.63) is 0 Å². The molecule has 0 aromatic heterocycles. The van der Waals surface area contributed by atoms with Crippen LogP contribution < -0.4 is 5.32 Å². The third kappa shape index (κ3) is 4.96. The number of nitrogens with one attached hydrogen (secondary N) is 1. The molecule has 1 heterocycles. The average Bonchev–Trinajstić information content (AvgIpc) is 2.30. The van der Waals surface area contributed by atoms with Gasteiger partial charge in [0.1, 0.15) is 0 Å². The minimum absolute atomic E-state index is 0.731. The van der Waals surface area contributed by atoms with E-state index in [1.165, 1.54) is 19.4 Å². The Morgan fingerprint density at radius 2 is 2.20 bits per heavy atom. The first kappa shape index (κ1) is 12.9. The molecule has 1 unspecified atom stereocenters. The van der Waals surface area contributed by atoms with Crippen LogP contribution in [0.5, 0.6) is 0 Å². The van der Waals surface area contributed by atoms with Crippen LogP contribution in [0.3, 0.4) is 0 Å². The first-order valence-electron chi connectivity index (χ1n) is 6.41. The molecule has 1 fully saturated rings. The molecule has 0 spiro atoms. The van der Waals surface area contributed by atoms with Gasteiger partial charge in [-0.1, -0.05) is 13.8 Å². The summed E-state index contributed by atoms with van der Waals surface area (Å²) >= 11 is 0. The second-order valence-corrected chi connectivity index (χ2v) is 4.24. The molecule has 0 saturated carbocycles. The average molecular weight is 214 g/mol. The van der Waals surface area contributed by atoms with E-state index in [2.05, 4.69) is 24.1 Å². The van der Waals surface area contributed by atoms with Gasteiger partial charge in [-0.25, -0.2) is 0 Å². The van der Waals surface area contributed by atoms with Gasteiger partial charge in [0.15, 0.2) is 0 Å². The van der Waals surface area contributed by atoms with E-state index in [1.54, 1.807) is 0 Å². The predicted octanol–water partition coefficient (Wildman–Crippen LogP) is 1.49. The van der Waals surface area contributed by atoms with Crippen molar-refractivity contribution in [2.45, 2.75) is 39.2 Å². The topological polar surface area (TPSA) is 24.5 Å². The Hall–Kier alpha value is -0.120. The van der Waals surface area contributed by atoms with Crippen molar-refractivity contribution in [2.24, 2.45) is 0 Å². The maximum atomic E-state index is 5.54. The summed E-state index contributed by atoms with van der Waals surface area (Å²) in [6.07, 6.45) is 3.78. The third-order valence-electron chi connectivity index (χ3n) is 3.06. The summed E-state index contributed by atoms with van der Waals surface area (Å²) in [5.74, 6) is 0. The Morgan fingerprint density at radius 3 is 2.80 bits per heavy atom. The van der Waals surface area contributed by atoms with Gasteiger partial charge in [0, 0.05) is 25.7 Å². The summed E-state index contributed by atoms with van der Waals surface area (Å²) in [6.45, 7) is 10.8. The van der Waals surface area contributed by atoms with Gasteiger partial charge in [0.25, 0.3) is 0 Å². The van der Waals surface area contributed by atoms with Crippen LogP contribution in [0.4, 0.5) is 0 Å². The van der Waals surface area contributed by atoms with Gasteiger partial charge in [0.2, 0.25) is 0 Å². The van der Waals surface area contributed by atoms with Gasteiger partial charge in [0.05, 0.1) is 6.61 Å². The summed E-state index contributed by atoms with van der Waals surface area (Å²) in [6, 6.07) is 0.731. The molecule has 1 rings (SSSR count). The molecule has 3 heteroatoms. The van der Waals surface area contributed by atoms with Crippen molar-refractivity contribution >= 4 is 0 Å². The highest BCUT2D eigenvalue weighted by atomic mass is 16.5. The van der Waals surface area contributed by atoms with Crippen LogP contribution in [0, 0.1) is 0 Å². The Kier molecular flexibility index (Phi) is 6.98. The Bertz CT molecular complexity index is 147. The highest BCUT2D eigenvalue weighted by molar-refractivity contribution is 4.77. The van der Waals surface area contributed by atoms with Crippen LogP contribution in [-0.4, -0.2) is 50.3 Å². The normalized spacial score (nSPS) is 22.2. The van der Waals surface area contributed by atoms with E-state index in [-0.39, 0.29) is 0 Å². The Balaban J connectivity index is 2.15. The fraction of sp³-hybridized carbons (Fsp3) is 1.00. The molecule has 1 N–H and O–H groups in total. The molecule has 1 aliphatic heterocycles. The van der Waals surface area contributed by atoms with Gasteiger partial charge in [-0.15, -0.1) is 0 Å². The van der Waals surface area contributed by atoms with Crippen molar-refractivity contribution < 1.29 is 4.74 Å². The lowest BCUT2D eigenvalue weighted by molar-refractivity contribution is 0.0827. The summed E-state index contributed by atoms with van der Waals surface area (Å²) in [5.41, 5.74) is 0. The molecule has 1 aliphatic rings. The number of ether oxygens (including phenoxy) is 1.